The van der Waals surface area contributed by atoms with Crippen LogP contribution in [-0.2, 0) is 9.53 Å². The molecule has 72 valence electrons. The molecule has 0 aliphatic heterocycles. The Balaban J connectivity index is 3.47. The molecular weight excluding hydrogens is 156 g/mol. The second-order valence-corrected chi connectivity index (χ2v) is 2.58. The average molecular weight is 174 g/mol. The van der Waals surface area contributed by atoms with Crippen LogP contribution in [0, 0.1) is 0 Å². The molecule has 0 bridgehead atoms. The van der Waals surface area contributed by atoms with Gasteiger partial charge in [0, 0.05) is 6.54 Å². The predicted molar refractivity (Wildman–Crippen MR) is 47.8 cm³/mol. The van der Waals surface area contributed by atoms with E-state index in [2.05, 4.69) is 5.32 Å². The molecule has 0 aliphatic carbocycles. The summed E-state index contributed by atoms with van der Waals surface area (Å²) in [5.74, 6) is -0.321. The van der Waals surface area contributed by atoms with Crippen molar-refractivity contribution in [1.82, 2.24) is 5.32 Å². The third-order valence-corrected chi connectivity index (χ3v) is 1.37. The molecule has 0 fully saturated rings. The summed E-state index contributed by atoms with van der Waals surface area (Å²) >= 11 is 0. The summed E-state index contributed by atoms with van der Waals surface area (Å²) in [6, 6.07) is -0.531. The summed E-state index contributed by atoms with van der Waals surface area (Å²) in [6.45, 7) is 5.67. The number of ether oxygens (including phenoxy) is 1. The van der Waals surface area contributed by atoms with Gasteiger partial charge in [-0.1, -0.05) is 13.8 Å². The van der Waals surface area contributed by atoms with Crippen molar-refractivity contribution in [1.29, 1.82) is 0 Å². The van der Waals surface area contributed by atoms with Crippen LogP contribution in [0.5, 0.6) is 0 Å². The summed E-state index contributed by atoms with van der Waals surface area (Å²) < 4.78 is 4.85. The van der Waals surface area contributed by atoms with Gasteiger partial charge in [0.2, 0.25) is 0 Å². The Kier molecular flexibility index (Phi) is 6.70. The Morgan fingerprint density at radius 2 is 2.25 bits per heavy atom. The third kappa shape index (κ3) is 5.09. The van der Waals surface area contributed by atoms with E-state index in [1.165, 1.54) is 0 Å². The fourth-order valence-corrected chi connectivity index (χ4v) is 0.693. The molecule has 0 aliphatic rings. The van der Waals surface area contributed by atoms with Crippen LogP contribution < -0.4 is 11.1 Å². The molecule has 0 aromatic rings. The van der Waals surface area contributed by atoms with Crippen molar-refractivity contribution in [3.05, 3.63) is 0 Å². The summed E-state index contributed by atoms with van der Waals surface area (Å²) in [5.41, 5.74) is 5.51. The number of hydrogen-bond acceptors (Lipinski definition) is 4. The van der Waals surface area contributed by atoms with Crippen molar-refractivity contribution in [2.45, 2.75) is 26.3 Å². The minimum absolute atomic E-state index is 0.321. The van der Waals surface area contributed by atoms with Gasteiger partial charge in [0.1, 0.15) is 6.04 Å². The molecule has 0 aromatic heterocycles. The first-order valence-corrected chi connectivity index (χ1v) is 4.35. The maximum absolute atomic E-state index is 11.0. The molecule has 3 N–H and O–H groups in total. The minimum Gasteiger partial charge on any atom is -0.465 e. The first kappa shape index (κ1) is 11.4. The van der Waals surface area contributed by atoms with Gasteiger partial charge in [-0.3, -0.25) is 4.79 Å². The van der Waals surface area contributed by atoms with E-state index in [4.69, 9.17) is 10.5 Å². The molecule has 0 amide bonds. The summed E-state index contributed by atoms with van der Waals surface area (Å²) in [4.78, 5) is 11.0. The van der Waals surface area contributed by atoms with E-state index in [1.807, 2.05) is 13.8 Å². The molecule has 0 heterocycles. The van der Waals surface area contributed by atoms with Gasteiger partial charge in [0.25, 0.3) is 0 Å². The van der Waals surface area contributed by atoms with Crippen molar-refractivity contribution in [2.24, 2.45) is 5.73 Å². The molecule has 0 saturated heterocycles. The van der Waals surface area contributed by atoms with Crippen molar-refractivity contribution in [3.63, 3.8) is 0 Å². The quantitative estimate of drug-likeness (QED) is 0.551. The number of nitrogens with one attached hydrogen (secondary N) is 1. The van der Waals surface area contributed by atoms with Crippen molar-refractivity contribution >= 4 is 5.97 Å². The summed E-state index contributed by atoms with van der Waals surface area (Å²) in [5, 5.41) is 2.98. The van der Waals surface area contributed by atoms with Crippen molar-refractivity contribution in [3.8, 4) is 0 Å². The van der Waals surface area contributed by atoms with E-state index in [9.17, 15) is 4.79 Å². The Hall–Kier alpha value is -0.610. The predicted octanol–water partition coefficient (Wildman–Crippen LogP) is -0.124. The molecule has 4 nitrogen and oxygen atoms in total. The maximum Gasteiger partial charge on any atom is 0.324 e. The van der Waals surface area contributed by atoms with Gasteiger partial charge in [-0.2, -0.15) is 0 Å². The molecule has 0 aromatic carbocycles. The van der Waals surface area contributed by atoms with Gasteiger partial charge in [-0.25, -0.2) is 0 Å². The van der Waals surface area contributed by atoms with Gasteiger partial charge in [0.15, 0.2) is 0 Å². The van der Waals surface area contributed by atoms with Gasteiger partial charge < -0.3 is 15.8 Å². The normalized spacial score (nSPS) is 12.6. The first-order chi connectivity index (χ1) is 5.72. The molecule has 1 unspecified atom stereocenters. The van der Waals surface area contributed by atoms with Crippen LogP contribution in [0.4, 0.5) is 0 Å². The zero-order chi connectivity index (χ0) is 9.40. The van der Waals surface area contributed by atoms with Crippen LogP contribution >= 0.6 is 0 Å². The Morgan fingerprint density at radius 3 is 2.75 bits per heavy atom. The number of esters is 1. The van der Waals surface area contributed by atoms with E-state index >= 15 is 0 Å². The number of rotatable bonds is 6. The van der Waals surface area contributed by atoms with Crippen LogP contribution in [0.1, 0.15) is 20.3 Å². The third-order valence-electron chi connectivity index (χ3n) is 1.37. The van der Waals surface area contributed by atoms with E-state index in [-0.39, 0.29) is 5.97 Å². The Morgan fingerprint density at radius 1 is 1.58 bits per heavy atom. The fourth-order valence-electron chi connectivity index (χ4n) is 0.693. The zero-order valence-corrected chi connectivity index (χ0v) is 7.80. The Labute approximate surface area is 73.5 Å². The molecule has 12 heavy (non-hydrogen) atoms. The zero-order valence-electron chi connectivity index (χ0n) is 7.80. The van der Waals surface area contributed by atoms with Crippen LogP contribution in [0.15, 0.2) is 0 Å². The number of carbonyl (C=O) groups is 1. The SMILES string of the molecule is CCCOC(=O)C(N)CNCC. The molecule has 1 atom stereocenters. The average Bonchev–Trinajstić information content (AvgIpc) is 2.10. The lowest BCUT2D eigenvalue weighted by atomic mass is 10.3. The topological polar surface area (TPSA) is 64.3 Å². The summed E-state index contributed by atoms with van der Waals surface area (Å²) in [6.07, 6.45) is 0.833. The number of likely N-dealkylation sites (N-methyl/N-ethyl adjacent to an activating group) is 1. The van der Waals surface area contributed by atoms with Gasteiger partial charge >= 0.3 is 5.97 Å². The first-order valence-electron chi connectivity index (χ1n) is 4.35. The van der Waals surface area contributed by atoms with Gasteiger partial charge in [0.05, 0.1) is 6.61 Å². The van der Waals surface area contributed by atoms with E-state index in [0.717, 1.165) is 13.0 Å². The minimum atomic E-state index is -0.531. The van der Waals surface area contributed by atoms with Crippen molar-refractivity contribution in [2.75, 3.05) is 19.7 Å². The fraction of sp³-hybridized carbons (Fsp3) is 0.875. The van der Waals surface area contributed by atoms with Crippen LogP contribution in [0.2, 0.25) is 0 Å². The molecule has 0 spiro atoms. The van der Waals surface area contributed by atoms with E-state index in [1.54, 1.807) is 0 Å². The van der Waals surface area contributed by atoms with E-state index < -0.39 is 6.04 Å². The highest BCUT2D eigenvalue weighted by atomic mass is 16.5. The monoisotopic (exact) mass is 174 g/mol. The highest BCUT2D eigenvalue weighted by Crippen LogP contribution is 1.86. The molecular formula is C8H18N2O2. The second kappa shape index (κ2) is 7.06. The van der Waals surface area contributed by atoms with Gasteiger partial charge in [-0.05, 0) is 13.0 Å². The highest BCUT2D eigenvalue weighted by Gasteiger charge is 2.12. The maximum atomic E-state index is 11.0. The summed E-state index contributed by atoms with van der Waals surface area (Å²) in [7, 11) is 0. The standard InChI is InChI=1S/C8H18N2O2/c1-3-5-12-8(11)7(9)6-10-4-2/h7,10H,3-6,9H2,1-2H3. The lowest BCUT2D eigenvalue weighted by Gasteiger charge is -2.10. The van der Waals surface area contributed by atoms with Gasteiger partial charge in [-0.15, -0.1) is 0 Å². The van der Waals surface area contributed by atoms with Crippen LogP contribution in [-0.4, -0.2) is 31.7 Å². The molecule has 0 saturated carbocycles. The van der Waals surface area contributed by atoms with Crippen molar-refractivity contribution < 1.29 is 9.53 Å². The number of carbonyl (C=O) groups excluding carboxylic acids is 1. The molecule has 0 radical (unpaired) electrons. The number of hydrogen-bond donors (Lipinski definition) is 2. The lowest BCUT2D eigenvalue weighted by molar-refractivity contribution is -0.145. The molecule has 0 rings (SSSR count). The largest absolute Gasteiger partial charge is 0.465 e. The number of nitrogens with two attached hydrogens (primary N) is 1. The smallest absolute Gasteiger partial charge is 0.324 e. The van der Waals surface area contributed by atoms with Crippen LogP contribution in [0.3, 0.4) is 0 Å². The van der Waals surface area contributed by atoms with E-state index in [0.29, 0.717) is 13.2 Å². The highest BCUT2D eigenvalue weighted by molar-refractivity contribution is 5.75. The second-order valence-electron chi connectivity index (χ2n) is 2.58. The van der Waals surface area contributed by atoms with Crippen LogP contribution in [0.25, 0.3) is 0 Å². The molecule has 4 heteroatoms. The Bertz CT molecular complexity index is 128. The lowest BCUT2D eigenvalue weighted by Crippen LogP contribution is -2.41.